The first-order valence-corrected chi connectivity index (χ1v) is 10.6. The van der Waals surface area contributed by atoms with Crippen LogP contribution in [0.4, 0.5) is 0 Å². The van der Waals surface area contributed by atoms with Crippen LogP contribution < -0.4 is 11.1 Å². The summed E-state index contributed by atoms with van der Waals surface area (Å²) >= 11 is 1.51. The van der Waals surface area contributed by atoms with Gasteiger partial charge in [-0.15, -0.1) is 0 Å². The Hall–Kier alpha value is -1.86. The quantitative estimate of drug-likeness (QED) is 0.766. The van der Waals surface area contributed by atoms with Crippen LogP contribution in [0, 0.1) is 18.8 Å². The van der Waals surface area contributed by atoms with E-state index >= 15 is 0 Å². The summed E-state index contributed by atoms with van der Waals surface area (Å²) in [6.07, 6.45) is 7.33. The molecule has 2 atom stereocenters. The Labute approximate surface area is 163 Å². The van der Waals surface area contributed by atoms with E-state index in [4.69, 9.17) is 10.3 Å². The van der Waals surface area contributed by atoms with Crippen LogP contribution in [-0.4, -0.2) is 28.1 Å². The minimum atomic E-state index is -0.0284. The molecule has 0 spiro atoms. The van der Waals surface area contributed by atoms with Crippen LogP contribution in [0.3, 0.4) is 0 Å². The van der Waals surface area contributed by atoms with Crippen LogP contribution in [0.2, 0.25) is 0 Å². The lowest BCUT2D eigenvalue weighted by atomic mass is 9.67. The largest absolute Gasteiger partial charge is 0.361 e. The van der Waals surface area contributed by atoms with Crippen molar-refractivity contribution < 1.29 is 9.32 Å². The number of pyridine rings is 1. The molecule has 0 saturated heterocycles. The van der Waals surface area contributed by atoms with Crippen LogP contribution in [0.15, 0.2) is 33.9 Å². The van der Waals surface area contributed by atoms with Gasteiger partial charge in [-0.25, -0.2) is 4.98 Å². The second-order valence-electron chi connectivity index (χ2n) is 7.76. The topological polar surface area (TPSA) is 94.0 Å². The van der Waals surface area contributed by atoms with E-state index in [-0.39, 0.29) is 18.0 Å². The molecule has 2 aliphatic carbocycles. The van der Waals surface area contributed by atoms with Crippen molar-refractivity contribution in [2.75, 3.05) is 0 Å². The highest BCUT2D eigenvalue weighted by molar-refractivity contribution is 7.98. The Morgan fingerprint density at radius 3 is 2.85 bits per heavy atom. The van der Waals surface area contributed by atoms with Crippen LogP contribution in [0.5, 0.6) is 0 Å². The maximum atomic E-state index is 13.0. The molecule has 2 saturated carbocycles. The number of aromatic nitrogens is 2. The van der Waals surface area contributed by atoms with Crippen molar-refractivity contribution >= 4 is 17.7 Å². The van der Waals surface area contributed by atoms with E-state index in [1.165, 1.54) is 18.2 Å². The summed E-state index contributed by atoms with van der Waals surface area (Å²) in [4.78, 5) is 17.5. The molecular formula is C20H26N4O2S. The van der Waals surface area contributed by atoms with Gasteiger partial charge in [-0.3, -0.25) is 4.79 Å². The fourth-order valence-electron chi connectivity index (χ4n) is 4.56. The lowest BCUT2D eigenvalue weighted by Crippen LogP contribution is -2.53. The number of carbonyl (C=O) groups excluding carboxylic acids is 1. The van der Waals surface area contributed by atoms with Crippen molar-refractivity contribution in [1.82, 2.24) is 15.5 Å². The normalized spacial score (nSPS) is 27.3. The van der Waals surface area contributed by atoms with E-state index in [9.17, 15) is 4.79 Å². The lowest BCUT2D eigenvalue weighted by molar-refractivity contribution is 0.0753. The van der Waals surface area contributed by atoms with Crippen molar-refractivity contribution in [2.24, 2.45) is 17.6 Å². The van der Waals surface area contributed by atoms with E-state index in [0.717, 1.165) is 42.2 Å². The molecule has 3 N–H and O–H groups in total. The first kappa shape index (κ1) is 18.5. The molecule has 27 heavy (non-hydrogen) atoms. The number of nitrogens with zero attached hydrogens (tertiary/aromatic N) is 2. The number of hydrogen-bond donors (Lipinski definition) is 2. The first-order chi connectivity index (χ1) is 13.1. The zero-order valence-electron chi connectivity index (χ0n) is 15.6. The summed E-state index contributed by atoms with van der Waals surface area (Å²) in [5, 5.41) is 8.06. The third-order valence-corrected chi connectivity index (χ3v) is 6.76. The van der Waals surface area contributed by atoms with Gasteiger partial charge in [0, 0.05) is 30.1 Å². The molecule has 4 rings (SSSR count). The Morgan fingerprint density at radius 2 is 2.15 bits per heavy atom. The summed E-state index contributed by atoms with van der Waals surface area (Å²) in [6, 6.07) is 6.09. The van der Waals surface area contributed by atoms with Gasteiger partial charge in [-0.2, -0.15) is 0 Å². The average molecular weight is 387 g/mol. The predicted octanol–water partition coefficient (Wildman–Crippen LogP) is 3.31. The summed E-state index contributed by atoms with van der Waals surface area (Å²) in [5.74, 6) is 2.38. The van der Waals surface area contributed by atoms with Crippen molar-refractivity contribution in [3.63, 3.8) is 0 Å². The molecule has 7 heteroatoms. The number of carbonyl (C=O) groups is 1. The number of nitrogens with two attached hydrogens (primary N) is 1. The molecular weight excluding hydrogens is 360 g/mol. The summed E-state index contributed by atoms with van der Waals surface area (Å²) < 4.78 is 5.11. The van der Waals surface area contributed by atoms with Crippen molar-refractivity contribution in [1.29, 1.82) is 0 Å². The molecule has 2 bridgehead atoms. The summed E-state index contributed by atoms with van der Waals surface area (Å²) in [5.41, 5.74) is 7.70. The van der Waals surface area contributed by atoms with Gasteiger partial charge in [-0.05, 0) is 56.6 Å². The monoisotopic (exact) mass is 386 g/mol. The van der Waals surface area contributed by atoms with Crippen molar-refractivity contribution in [3.8, 4) is 0 Å². The summed E-state index contributed by atoms with van der Waals surface area (Å²) in [7, 11) is 0. The van der Waals surface area contributed by atoms with Crippen molar-refractivity contribution in [3.05, 3.63) is 41.4 Å². The zero-order chi connectivity index (χ0) is 18.8. The van der Waals surface area contributed by atoms with Gasteiger partial charge in [0.15, 0.2) is 0 Å². The third-order valence-electron chi connectivity index (χ3n) is 5.72. The van der Waals surface area contributed by atoms with E-state index in [1.54, 1.807) is 6.20 Å². The molecule has 2 aromatic heterocycles. The third kappa shape index (κ3) is 4.19. The minimum absolute atomic E-state index is 0.0284. The van der Waals surface area contributed by atoms with Gasteiger partial charge in [0.25, 0.3) is 5.91 Å². The molecule has 2 aromatic rings. The predicted molar refractivity (Wildman–Crippen MR) is 104 cm³/mol. The Balaban J connectivity index is 1.45. The number of nitrogens with one attached hydrogen (secondary N) is 1. The Morgan fingerprint density at radius 1 is 1.37 bits per heavy atom. The highest BCUT2D eigenvalue weighted by Crippen LogP contribution is 2.40. The van der Waals surface area contributed by atoms with E-state index in [0.29, 0.717) is 23.2 Å². The Kier molecular flexibility index (Phi) is 5.50. The number of rotatable bonds is 5. The van der Waals surface area contributed by atoms with Crippen LogP contribution in [0.1, 0.15) is 53.9 Å². The molecule has 0 aliphatic heterocycles. The van der Waals surface area contributed by atoms with Gasteiger partial charge in [-0.1, -0.05) is 23.3 Å². The highest BCUT2D eigenvalue weighted by atomic mass is 32.2. The molecule has 2 fully saturated rings. The summed E-state index contributed by atoms with van der Waals surface area (Å²) in [6.45, 7) is 1.87. The van der Waals surface area contributed by atoms with Crippen molar-refractivity contribution in [2.45, 2.75) is 61.9 Å². The molecule has 6 nitrogen and oxygen atoms in total. The fraction of sp³-hybridized carbons (Fsp3) is 0.550. The van der Waals surface area contributed by atoms with E-state index < -0.39 is 0 Å². The first-order valence-electron chi connectivity index (χ1n) is 9.66. The Bertz CT molecular complexity index is 795. The van der Waals surface area contributed by atoms with Gasteiger partial charge < -0.3 is 15.6 Å². The van der Waals surface area contributed by atoms with Gasteiger partial charge in [0.2, 0.25) is 0 Å². The van der Waals surface area contributed by atoms with E-state index in [1.807, 2.05) is 25.1 Å². The molecule has 1 amide bonds. The fourth-order valence-corrected chi connectivity index (χ4v) is 5.43. The maximum absolute atomic E-state index is 13.0. The lowest BCUT2D eigenvalue weighted by Gasteiger charge is -2.45. The molecule has 0 aromatic carbocycles. The number of thioether (sulfide) groups is 1. The van der Waals surface area contributed by atoms with E-state index in [2.05, 4.69) is 15.5 Å². The molecule has 2 aliphatic rings. The zero-order valence-corrected chi connectivity index (χ0v) is 16.4. The smallest absolute Gasteiger partial charge is 0.254 e. The number of hydrogen-bond acceptors (Lipinski definition) is 6. The second kappa shape index (κ2) is 8.02. The highest BCUT2D eigenvalue weighted by Gasteiger charge is 2.40. The molecule has 0 radical (unpaired) electrons. The molecule has 144 valence electrons. The van der Waals surface area contributed by atoms with Gasteiger partial charge >= 0.3 is 0 Å². The van der Waals surface area contributed by atoms with Gasteiger partial charge in [0.05, 0.1) is 11.3 Å². The number of aryl methyl sites for hydroxylation is 1. The average Bonchev–Trinajstić information content (AvgIpc) is 3.06. The SMILES string of the molecule is Cc1cc(CSc2ncccc2C(=O)NC2C3CCCC2CC(N)C3)no1. The maximum Gasteiger partial charge on any atom is 0.254 e. The second-order valence-corrected chi connectivity index (χ2v) is 8.72. The number of fused-ring (bicyclic) bond motifs is 2. The molecule has 2 unspecified atom stereocenters. The molecule has 2 heterocycles. The van der Waals surface area contributed by atoms with Crippen LogP contribution >= 0.6 is 11.8 Å². The minimum Gasteiger partial charge on any atom is -0.361 e. The van der Waals surface area contributed by atoms with Crippen LogP contribution in [-0.2, 0) is 5.75 Å². The van der Waals surface area contributed by atoms with Crippen LogP contribution in [0.25, 0.3) is 0 Å². The van der Waals surface area contributed by atoms with Gasteiger partial charge in [0.1, 0.15) is 10.8 Å². The standard InChI is InChI=1S/C20H26N4O2S/c1-12-8-16(24-26-12)11-27-20-17(6-3-7-22-20)19(25)23-18-13-4-2-5-14(18)10-15(21)9-13/h3,6-8,13-15,18H,2,4-5,9-11,21H2,1H3,(H,23,25). The number of amides is 1.